The molecule has 124 valence electrons. The van der Waals surface area contributed by atoms with Crippen molar-refractivity contribution in [3.05, 3.63) is 28.8 Å². The van der Waals surface area contributed by atoms with Gasteiger partial charge in [0.05, 0.1) is 16.7 Å². The first-order chi connectivity index (χ1) is 10.9. The van der Waals surface area contributed by atoms with Crippen molar-refractivity contribution in [1.82, 2.24) is 4.72 Å². The fourth-order valence-electron chi connectivity index (χ4n) is 3.45. The molecule has 0 aromatic heterocycles. The molecule has 1 saturated carbocycles. The fraction of sp³-hybridized carbons (Fsp3) is 0.533. The number of ether oxygens (including phenoxy) is 1. The van der Waals surface area contributed by atoms with E-state index in [1.165, 1.54) is 18.2 Å². The second kappa shape index (κ2) is 6.04. The number of aliphatic hydroxyl groups is 1. The molecule has 23 heavy (non-hydrogen) atoms. The van der Waals surface area contributed by atoms with Gasteiger partial charge in [-0.1, -0.05) is 17.7 Å². The summed E-state index contributed by atoms with van der Waals surface area (Å²) in [6.45, 7) is 1.02. The molecule has 1 spiro atoms. The number of hydrogen-bond donors (Lipinski definition) is 2. The number of rotatable bonds is 3. The second-order valence-electron chi connectivity index (χ2n) is 6.00. The number of aliphatic hydroxyl groups excluding tert-OH is 1. The van der Waals surface area contributed by atoms with Gasteiger partial charge in [-0.05, 0) is 31.4 Å². The lowest BCUT2D eigenvalue weighted by Gasteiger charge is -2.55. The van der Waals surface area contributed by atoms with Crippen LogP contribution >= 0.6 is 11.6 Å². The molecule has 2 fully saturated rings. The lowest BCUT2D eigenvalue weighted by molar-refractivity contribution is -0.143. The highest BCUT2D eigenvalue weighted by atomic mass is 35.5. The van der Waals surface area contributed by atoms with Gasteiger partial charge in [0, 0.05) is 24.7 Å². The molecule has 0 amide bonds. The smallest absolute Gasteiger partial charge is 0.242 e. The van der Waals surface area contributed by atoms with Crippen molar-refractivity contribution in [2.24, 2.45) is 5.41 Å². The van der Waals surface area contributed by atoms with Gasteiger partial charge in [0.1, 0.15) is 11.0 Å². The summed E-state index contributed by atoms with van der Waals surface area (Å²) in [4.78, 5) is -0.129. The van der Waals surface area contributed by atoms with Gasteiger partial charge in [0.2, 0.25) is 10.0 Å². The Labute approximate surface area is 140 Å². The molecule has 2 N–H and O–H groups in total. The van der Waals surface area contributed by atoms with Crippen LogP contribution in [-0.4, -0.2) is 38.9 Å². The lowest BCUT2D eigenvalue weighted by Crippen LogP contribution is -2.65. The molecular formula is C15H17ClN2O4S. The van der Waals surface area contributed by atoms with E-state index in [0.717, 1.165) is 0 Å². The van der Waals surface area contributed by atoms with Gasteiger partial charge in [0.15, 0.2) is 0 Å². The van der Waals surface area contributed by atoms with Crippen LogP contribution < -0.4 is 4.72 Å². The maximum absolute atomic E-state index is 12.7. The molecule has 1 saturated heterocycles. The Morgan fingerprint density at radius 3 is 2.70 bits per heavy atom. The van der Waals surface area contributed by atoms with Gasteiger partial charge in [-0.15, -0.1) is 0 Å². The van der Waals surface area contributed by atoms with Crippen LogP contribution in [0.15, 0.2) is 23.1 Å². The van der Waals surface area contributed by atoms with Crippen molar-refractivity contribution in [1.29, 1.82) is 5.26 Å². The monoisotopic (exact) mass is 356 g/mol. The number of nitrogens with zero attached hydrogens (tertiary/aromatic N) is 1. The van der Waals surface area contributed by atoms with Crippen LogP contribution in [-0.2, 0) is 14.8 Å². The van der Waals surface area contributed by atoms with Crippen molar-refractivity contribution >= 4 is 21.6 Å². The van der Waals surface area contributed by atoms with E-state index in [1.807, 2.05) is 6.07 Å². The minimum atomic E-state index is -3.89. The Morgan fingerprint density at radius 1 is 1.39 bits per heavy atom. The number of sulfonamides is 1. The molecule has 1 aromatic rings. The third-order valence-corrected chi connectivity index (χ3v) is 6.74. The minimum absolute atomic E-state index is 0.0671. The third-order valence-electron chi connectivity index (χ3n) is 4.91. The molecular weight excluding hydrogens is 340 g/mol. The number of nitriles is 1. The van der Waals surface area contributed by atoms with Gasteiger partial charge in [-0.25, -0.2) is 13.1 Å². The molecule has 2 aliphatic rings. The van der Waals surface area contributed by atoms with E-state index >= 15 is 0 Å². The van der Waals surface area contributed by atoms with Gasteiger partial charge in [-0.2, -0.15) is 5.26 Å². The molecule has 6 nitrogen and oxygen atoms in total. The van der Waals surface area contributed by atoms with Crippen LogP contribution in [0.3, 0.4) is 0 Å². The summed E-state index contributed by atoms with van der Waals surface area (Å²) < 4.78 is 33.3. The zero-order valence-electron chi connectivity index (χ0n) is 12.3. The molecule has 0 radical (unpaired) electrons. The van der Waals surface area contributed by atoms with E-state index in [9.17, 15) is 13.5 Å². The van der Waals surface area contributed by atoms with E-state index in [2.05, 4.69) is 4.72 Å². The van der Waals surface area contributed by atoms with Gasteiger partial charge < -0.3 is 9.84 Å². The first-order valence-electron chi connectivity index (χ1n) is 7.37. The summed E-state index contributed by atoms with van der Waals surface area (Å²) in [5, 5.41) is 19.4. The number of benzene rings is 1. The number of halogens is 1. The Morgan fingerprint density at radius 2 is 2.09 bits per heavy atom. The summed E-state index contributed by atoms with van der Waals surface area (Å²) in [5.41, 5.74) is -0.543. The van der Waals surface area contributed by atoms with E-state index in [-0.39, 0.29) is 21.5 Å². The second-order valence-corrected chi connectivity index (χ2v) is 8.09. The molecule has 1 aliphatic carbocycles. The van der Waals surface area contributed by atoms with E-state index in [0.29, 0.717) is 32.5 Å². The molecule has 0 unspecified atom stereocenters. The van der Waals surface area contributed by atoms with Crippen molar-refractivity contribution in [2.75, 3.05) is 13.2 Å². The maximum atomic E-state index is 12.7. The molecule has 3 rings (SSSR count). The van der Waals surface area contributed by atoms with Crippen LogP contribution in [0.25, 0.3) is 0 Å². The van der Waals surface area contributed by atoms with Crippen LogP contribution in [0.1, 0.15) is 24.8 Å². The Hall–Kier alpha value is -1.17. The van der Waals surface area contributed by atoms with Gasteiger partial charge in [-0.3, -0.25) is 0 Å². The SMILES string of the molecule is N#Cc1c(Cl)cccc1S(=O)(=O)N[C@@H]1C[C@@H](O)C12CCOCC2. The van der Waals surface area contributed by atoms with E-state index in [1.54, 1.807) is 0 Å². The minimum Gasteiger partial charge on any atom is -0.392 e. The summed E-state index contributed by atoms with van der Waals surface area (Å²) >= 11 is 5.91. The average molecular weight is 357 g/mol. The number of hydrogen-bond acceptors (Lipinski definition) is 5. The fourth-order valence-corrected chi connectivity index (χ4v) is 5.24. The molecule has 8 heteroatoms. The summed E-state index contributed by atoms with van der Waals surface area (Å²) in [6, 6.07) is 5.81. The number of nitrogens with one attached hydrogen (secondary N) is 1. The Bertz CT molecular complexity index is 753. The Balaban J connectivity index is 1.88. The topological polar surface area (TPSA) is 99.4 Å². The summed E-state index contributed by atoms with van der Waals surface area (Å²) in [6.07, 6.45) is 1.06. The van der Waals surface area contributed by atoms with Crippen LogP contribution in [0.4, 0.5) is 0 Å². The highest BCUT2D eigenvalue weighted by Gasteiger charge is 2.56. The first-order valence-corrected chi connectivity index (χ1v) is 9.23. The zero-order valence-corrected chi connectivity index (χ0v) is 13.9. The predicted octanol–water partition coefficient (Wildman–Crippen LogP) is 1.42. The van der Waals surface area contributed by atoms with Crippen LogP contribution in [0.5, 0.6) is 0 Å². The maximum Gasteiger partial charge on any atom is 0.242 e. The summed E-state index contributed by atoms with van der Waals surface area (Å²) in [5.74, 6) is 0. The van der Waals surface area contributed by atoms with Crippen LogP contribution in [0.2, 0.25) is 5.02 Å². The first kappa shape index (κ1) is 16.7. The van der Waals surface area contributed by atoms with Gasteiger partial charge in [0.25, 0.3) is 0 Å². The standard InChI is InChI=1S/C15H17ClN2O4S/c16-11-2-1-3-12(10(11)9-17)23(20,21)18-13-8-14(19)15(13)4-6-22-7-5-15/h1-3,13-14,18-19H,4-8H2/t13-,14-/m1/s1. The molecule has 1 heterocycles. The zero-order chi connectivity index (χ0) is 16.7. The molecule has 1 aromatic carbocycles. The Kier molecular flexibility index (Phi) is 4.38. The van der Waals surface area contributed by atoms with Crippen molar-refractivity contribution in [2.45, 2.75) is 36.3 Å². The van der Waals surface area contributed by atoms with Gasteiger partial charge >= 0.3 is 0 Å². The highest BCUT2D eigenvalue weighted by Crippen LogP contribution is 2.49. The predicted molar refractivity (Wildman–Crippen MR) is 83.4 cm³/mol. The van der Waals surface area contributed by atoms with Crippen molar-refractivity contribution < 1.29 is 18.3 Å². The third kappa shape index (κ3) is 2.75. The van der Waals surface area contributed by atoms with Crippen molar-refractivity contribution in [3.63, 3.8) is 0 Å². The lowest BCUT2D eigenvalue weighted by atomic mass is 9.58. The normalized spacial score (nSPS) is 26.5. The highest BCUT2D eigenvalue weighted by molar-refractivity contribution is 7.89. The quantitative estimate of drug-likeness (QED) is 0.853. The van der Waals surface area contributed by atoms with E-state index < -0.39 is 21.5 Å². The average Bonchev–Trinajstić information content (AvgIpc) is 2.55. The summed E-state index contributed by atoms with van der Waals surface area (Å²) in [7, 11) is -3.89. The molecule has 2 atom stereocenters. The van der Waals surface area contributed by atoms with E-state index in [4.69, 9.17) is 21.6 Å². The largest absolute Gasteiger partial charge is 0.392 e. The van der Waals surface area contributed by atoms with Crippen molar-refractivity contribution in [3.8, 4) is 6.07 Å². The van der Waals surface area contributed by atoms with Crippen LogP contribution in [0, 0.1) is 16.7 Å². The molecule has 1 aliphatic heterocycles. The molecule has 0 bridgehead atoms.